The molecule has 1 aliphatic rings. The minimum atomic E-state index is -0.904. The lowest BCUT2D eigenvalue weighted by atomic mass is 9.90. The highest BCUT2D eigenvalue weighted by Gasteiger charge is 2.29. The van der Waals surface area contributed by atoms with Crippen LogP contribution in [-0.2, 0) is 9.59 Å². The van der Waals surface area contributed by atoms with E-state index in [4.69, 9.17) is 5.11 Å². The lowest BCUT2D eigenvalue weighted by Gasteiger charge is -2.29. The summed E-state index contributed by atoms with van der Waals surface area (Å²) in [6, 6.07) is -0.678. The van der Waals surface area contributed by atoms with Gasteiger partial charge in [-0.15, -0.1) is 0 Å². The van der Waals surface area contributed by atoms with Gasteiger partial charge in [0.15, 0.2) is 0 Å². The van der Waals surface area contributed by atoms with Gasteiger partial charge in [0.05, 0.1) is 0 Å². The normalized spacial score (nSPS) is 19.7. The van der Waals surface area contributed by atoms with Gasteiger partial charge in [-0.25, -0.2) is 4.79 Å². The Morgan fingerprint density at radius 3 is 2.11 bits per heavy atom. The highest BCUT2D eigenvalue weighted by Crippen LogP contribution is 2.24. The first kappa shape index (κ1) is 15.0. The maximum atomic E-state index is 12.3. The van der Waals surface area contributed by atoms with Crippen molar-refractivity contribution in [2.75, 3.05) is 7.05 Å². The van der Waals surface area contributed by atoms with Crippen LogP contribution in [0.5, 0.6) is 0 Å². The standard InChI is InChI=1S/C14H25NO3/c1-3-12(14(17)18)15(2)13(16)11-9-7-5-4-6-8-10-11/h11-12H,3-10H2,1-2H3,(H,17,18). The molecule has 1 atom stereocenters. The topological polar surface area (TPSA) is 57.6 Å². The second-order valence-corrected chi connectivity index (χ2v) is 5.25. The van der Waals surface area contributed by atoms with Crippen LogP contribution in [-0.4, -0.2) is 35.0 Å². The number of aliphatic carboxylic acids is 1. The van der Waals surface area contributed by atoms with Crippen LogP contribution in [0.25, 0.3) is 0 Å². The molecule has 0 bridgehead atoms. The first-order chi connectivity index (χ1) is 8.57. The van der Waals surface area contributed by atoms with Crippen molar-refractivity contribution >= 4 is 11.9 Å². The number of amides is 1. The molecule has 1 rings (SSSR count). The third-order valence-corrected chi connectivity index (χ3v) is 3.94. The van der Waals surface area contributed by atoms with Crippen molar-refractivity contribution in [3.63, 3.8) is 0 Å². The predicted octanol–water partition coefficient (Wildman–Crippen LogP) is 2.67. The van der Waals surface area contributed by atoms with Crippen molar-refractivity contribution in [1.29, 1.82) is 0 Å². The monoisotopic (exact) mass is 255 g/mol. The van der Waals surface area contributed by atoms with Crippen molar-refractivity contribution in [3.05, 3.63) is 0 Å². The quantitative estimate of drug-likeness (QED) is 0.840. The summed E-state index contributed by atoms with van der Waals surface area (Å²) < 4.78 is 0. The fraction of sp³-hybridized carbons (Fsp3) is 0.857. The molecule has 0 heterocycles. The second kappa shape index (κ2) is 7.39. The first-order valence-corrected chi connectivity index (χ1v) is 7.07. The van der Waals surface area contributed by atoms with Gasteiger partial charge in [0.2, 0.25) is 5.91 Å². The van der Waals surface area contributed by atoms with E-state index in [9.17, 15) is 9.59 Å². The van der Waals surface area contributed by atoms with Crippen LogP contribution in [0.4, 0.5) is 0 Å². The fourth-order valence-corrected chi connectivity index (χ4v) is 2.76. The molecule has 0 aliphatic heterocycles. The number of rotatable bonds is 4. The van der Waals surface area contributed by atoms with Crippen molar-refractivity contribution in [3.8, 4) is 0 Å². The number of likely N-dealkylation sites (N-methyl/N-ethyl adjacent to an activating group) is 1. The van der Waals surface area contributed by atoms with Crippen LogP contribution in [0.3, 0.4) is 0 Å². The summed E-state index contributed by atoms with van der Waals surface area (Å²) in [4.78, 5) is 24.9. The maximum Gasteiger partial charge on any atom is 0.326 e. The van der Waals surface area contributed by atoms with Gasteiger partial charge in [0.25, 0.3) is 0 Å². The van der Waals surface area contributed by atoms with Crippen LogP contribution >= 0.6 is 0 Å². The van der Waals surface area contributed by atoms with Gasteiger partial charge in [-0.3, -0.25) is 4.79 Å². The van der Waals surface area contributed by atoms with Crippen molar-refractivity contribution in [2.45, 2.75) is 64.3 Å². The SMILES string of the molecule is CCC(C(=O)O)N(C)C(=O)C1CCCCCCC1. The summed E-state index contributed by atoms with van der Waals surface area (Å²) in [7, 11) is 1.63. The number of carbonyl (C=O) groups excluding carboxylic acids is 1. The van der Waals surface area contributed by atoms with Gasteiger partial charge in [-0.05, 0) is 19.3 Å². The molecule has 0 spiro atoms. The van der Waals surface area contributed by atoms with E-state index < -0.39 is 12.0 Å². The molecule has 1 amide bonds. The van der Waals surface area contributed by atoms with E-state index in [1.807, 2.05) is 0 Å². The van der Waals surface area contributed by atoms with Crippen molar-refractivity contribution in [1.82, 2.24) is 4.90 Å². The van der Waals surface area contributed by atoms with Crippen LogP contribution in [0.2, 0.25) is 0 Å². The Balaban J connectivity index is 2.62. The molecule has 0 aromatic rings. The van der Waals surface area contributed by atoms with Gasteiger partial charge >= 0.3 is 5.97 Å². The highest BCUT2D eigenvalue weighted by atomic mass is 16.4. The van der Waals surface area contributed by atoms with Gasteiger partial charge in [0.1, 0.15) is 6.04 Å². The van der Waals surface area contributed by atoms with Crippen molar-refractivity contribution < 1.29 is 14.7 Å². The number of carboxylic acids is 1. The second-order valence-electron chi connectivity index (χ2n) is 5.25. The number of carboxylic acid groups (broad SMARTS) is 1. The molecule has 0 radical (unpaired) electrons. The molecule has 0 saturated heterocycles. The highest BCUT2D eigenvalue weighted by molar-refractivity contribution is 5.84. The van der Waals surface area contributed by atoms with Gasteiger partial charge in [0, 0.05) is 13.0 Å². The summed E-state index contributed by atoms with van der Waals surface area (Å²) in [5, 5.41) is 9.10. The molecule has 1 N–H and O–H groups in total. The number of carbonyl (C=O) groups is 2. The fourth-order valence-electron chi connectivity index (χ4n) is 2.76. The molecule has 1 saturated carbocycles. The van der Waals surface area contributed by atoms with Gasteiger partial charge in [-0.2, -0.15) is 0 Å². The average molecular weight is 255 g/mol. The zero-order chi connectivity index (χ0) is 13.5. The largest absolute Gasteiger partial charge is 0.480 e. The van der Waals surface area contributed by atoms with E-state index in [1.165, 1.54) is 24.2 Å². The summed E-state index contributed by atoms with van der Waals surface area (Å²) in [5.41, 5.74) is 0. The predicted molar refractivity (Wildman–Crippen MR) is 70.3 cm³/mol. The average Bonchev–Trinajstić information content (AvgIpc) is 2.28. The van der Waals surface area contributed by atoms with E-state index >= 15 is 0 Å². The van der Waals surface area contributed by atoms with Crippen molar-refractivity contribution in [2.24, 2.45) is 5.92 Å². The summed E-state index contributed by atoms with van der Waals surface area (Å²) >= 11 is 0. The van der Waals surface area contributed by atoms with E-state index in [1.54, 1.807) is 14.0 Å². The molecule has 4 nitrogen and oxygen atoms in total. The Morgan fingerprint density at radius 1 is 1.17 bits per heavy atom. The van der Waals surface area contributed by atoms with E-state index in [0.717, 1.165) is 25.7 Å². The number of hydrogen-bond acceptors (Lipinski definition) is 2. The molecule has 1 aliphatic carbocycles. The zero-order valence-electron chi connectivity index (χ0n) is 11.5. The molecule has 4 heteroatoms. The molecule has 1 fully saturated rings. The minimum absolute atomic E-state index is 0.0196. The molecule has 18 heavy (non-hydrogen) atoms. The first-order valence-electron chi connectivity index (χ1n) is 7.07. The Morgan fingerprint density at radius 2 is 1.67 bits per heavy atom. The summed E-state index contributed by atoms with van der Waals surface area (Å²) in [5.74, 6) is -0.853. The molecular formula is C14H25NO3. The van der Waals surface area contributed by atoms with E-state index in [-0.39, 0.29) is 11.8 Å². The molecule has 104 valence electrons. The lowest BCUT2D eigenvalue weighted by molar-refractivity contribution is -0.151. The smallest absolute Gasteiger partial charge is 0.326 e. The van der Waals surface area contributed by atoms with E-state index in [2.05, 4.69) is 0 Å². The van der Waals surface area contributed by atoms with E-state index in [0.29, 0.717) is 6.42 Å². The van der Waals surface area contributed by atoms with Gasteiger partial charge < -0.3 is 10.0 Å². The minimum Gasteiger partial charge on any atom is -0.480 e. The Kier molecular flexibility index (Phi) is 6.16. The van der Waals surface area contributed by atoms with Crippen LogP contribution in [0.1, 0.15) is 58.3 Å². The molecule has 0 aromatic heterocycles. The Hall–Kier alpha value is -1.06. The van der Waals surface area contributed by atoms with Crippen LogP contribution < -0.4 is 0 Å². The molecule has 0 aromatic carbocycles. The maximum absolute atomic E-state index is 12.3. The molecule has 1 unspecified atom stereocenters. The summed E-state index contributed by atoms with van der Waals surface area (Å²) in [6.45, 7) is 1.81. The lowest BCUT2D eigenvalue weighted by Crippen LogP contribution is -2.44. The van der Waals surface area contributed by atoms with Crippen LogP contribution in [0.15, 0.2) is 0 Å². The summed E-state index contributed by atoms with van der Waals surface area (Å²) in [6.07, 6.45) is 8.14. The number of hydrogen-bond donors (Lipinski definition) is 1. The third-order valence-electron chi connectivity index (χ3n) is 3.94. The van der Waals surface area contributed by atoms with Crippen LogP contribution in [0, 0.1) is 5.92 Å². The Labute approximate surface area is 109 Å². The Bertz CT molecular complexity index is 283. The number of nitrogens with zero attached hydrogens (tertiary/aromatic N) is 1. The van der Waals surface area contributed by atoms with Gasteiger partial charge in [-0.1, -0.05) is 39.0 Å². The molecular weight excluding hydrogens is 230 g/mol. The third kappa shape index (κ3) is 4.00. The zero-order valence-corrected chi connectivity index (χ0v) is 11.5.